The number of hydrogen-bond donors (Lipinski definition) is 0. The highest BCUT2D eigenvalue weighted by Crippen LogP contribution is 2.33. The molecule has 1 aromatic heterocycles. The van der Waals surface area contributed by atoms with E-state index in [-0.39, 0.29) is 5.25 Å². The first-order valence-corrected chi connectivity index (χ1v) is 12.0. The van der Waals surface area contributed by atoms with Gasteiger partial charge in [-0.2, -0.15) is 0 Å². The van der Waals surface area contributed by atoms with E-state index in [9.17, 15) is 4.55 Å². The van der Waals surface area contributed by atoms with E-state index in [0.29, 0.717) is 6.79 Å². The van der Waals surface area contributed by atoms with E-state index in [1.165, 1.54) is 49.2 Å². The molecule has 3 rings (SSSR count). The molecule has 2 unspecified atom stereocenters. The maximum atomic E-state index is 12.3. The van der Waals surface area contributed by atoms with Crippen molar-refractivity contribution in [3.8, 4) is 11.5 Å². The second-order valence-corrected chi connectivity index (χ2v) is 9.41. The minimum atomic E-state index is -0.743. The number of benzene rings is 1. The highest BCUT2D eigenvalue weighted by molar-refractivity contribution is 7.91. The average Bonchev–Trinajstić information content (AvgIpc) is 3.38. The van der Waals surface area contributed by atoms with Gasteiger partial charge in [0.25, 0.3) is 0 Å². The van der Waals surface area contributed by atoms with Gasteiger partial charge in [0.2, 0.25) is 6.79 Å². The molecule has 1 aliphatic heterocycles. The van der Waals surface area contributed by atoms with Crippen LogP contribution >= 0.6 is 11.5 Å². The number of rotatable bonds is 10. The van der Waals surface area contributed by atoms with Gasteiger partial charge < -0.3 is 14.0 Å². The van der Waals surface area contributed by atoms with Crippen LogP contribution < -0.4 is 9.47 Å². The standard InChI is InChI=1S/C18H28O3S.C3H3NS/c1-3-4-5-6-7-8-11-22(19)15(2)12-16-9-10-17-18(13-16)21-14-20-17;1-2-4-5-3-1/h9-10,13,15H,3-8,11-12,14H2,1-2H3;1-3H. The fourth-order valence-electron chi connectivity index (χ4n) is 2.89. The molecule has 0 amide bonds. The topological polar surface area (TPSA) is 54.4 Å². The highest BCUT2D eigenvalue weighted by Gasteiger charge is 2.19. The molecule has 0 aliphatic carbocycles. The van der Waals surface area contributed by atoms with E-state index in [1.54, 1.807) is 6.20 Å². The summed E-state index contributed by atoms with van der Waals surface area (Å²) in [5.74, 6) is 2.45. The van der Waals surface area contributed by atoms with Crippen LogP contribution in [0.5, 0.6) is 11.5 Å². The third-order valence-corrected chi connectivity index (χ3v) is 6.73. The molecule has 0 fully saturated rings. The Morgan fingerprint density at radius 3 is 2.63 bits per heavy atom. The van der Waals surface area contributed by atoms with Gasteiger partial charge in [-0.05, 0) is 55.1 Å². The zero-order valence-electron chi connectivity index (χ0n) is 16.4. The van der Waals surface area contributed by atoms with Gasteiger partial charge in [-0.1, -0.05) is 49.8 Å². The molecule has 2 heterocycles. The van der Waals surface area contributed by atoms with Gasteiger partial charge in [0.1, 0.15) is 11.0 Å². The number of aromatic nitrogens is 1. The van der Waals surface area contributed by atoms with Crippen LogP contribution in [0.2, 0.25) is 0 Å². The van der Waals surface area contributed by atoms with E-state index in [4.69, 9.17) is 9.47 Å². The van der Waals surface area contributed by atoms with Crippen molar-refractivity contribution < 1.29 is 14.0 Å². The van der Waals surface area contributed by atoms with Gasteiger partial charge in [-0.25, -0.2) is 4.37 Å². The van der Waals surface area contributed by atoms with Crippen molar-refractivity contribution in [3.63, 3.8) is 0 Å². The third-order valence-electron chi connectivity index (χ3n) is 4.46. The number of ether oxygens (including phenoxy) is 2. The lowest BCUT2D eigenvalue weighted by atomic mass is 10.1. The number of nitrogens with zero attached hydrogens (tertiary/aromatic N) is 1. The van der Waals surface area contributed by atoms with E-state index in [0.717, 1.165) is 30.1 Å². The minimum Gasteiger partial charge on any atom is -0.616 e. The Labute approximate surface area is 170 Å². The SMILES string of the molecule is CCCCCCCC[S+]([O-])C(C)Cc1ccc2c(c1)OCO2.c1cnsc1. The molecule has 0 spiro atoms. The molecule has 6 heteroatoms. The molecule has 2 atom stereocenters. The molecule has 0 saturated carbocycles. The lowest BCUT2D eigenvalue weighted by Gasteiger charge is -2.18. The fourth-order valence-corrected chi connectivity index (χ4v) is 4.52. The quantitative estimate of drug-likeness (QED) is 0.379. The summed E-state index contributed by atoms with van der Waals surface area (Å²) in [6.45, 7) is 4.61. The maximum absolute atomic E-state index is 12.3. The zero-order valence-corrected chi connectivity index (χ0v) is 18.0. The summed E-state index contributed by atoms with van der Waals surface area (Å²) < 4.78 is 26.8. The summed E-state index contributed by atoms with van der Waals surface area (Å²) in [5, 5.41) is 2.12. The highest BCUT2D eigenvalue weighted by atomic mass is 32.2. The number of fused-ring (bicyclic) bond motifs is 1. The van der Waals surface area contributed by atoms with Crippen molar-refractivity contribution in [2.75, 3.05) is 12.5 Å². The van der Waals surface area contributed by atoms with Gasteiger partial charge in [-0.3, -0.25) is 0 Å². The van der Waals surface area contributed by atoms with Crippen molar-refractivity contribution in [3.05, 3.63) is 41.4 Å². The Kier molecular flexibility index (Phi) is 10.6. The molecule has 1 aromatic carbocycles. The molecule has 2 aromatic rings. The van der Waals surface area contributed by atoms with Crippen LogP contribution in [0.15, 0.2) is 35.8 Å². The van der Waals surface area contributed by atoms with Gasteiger partial charge in [0.15, 0.2) is 11.5 Å². The summed E-state index contributed by atoms with van der Waals surface area (Å²) in [6, 6.07) is 7.92. The molecular weight excluding hydrogens is 378 g/mol. The Hall–Kier alpha value is -1.24. The Morgan fingerprint density at radius 1 is 1.15 bits per heavy atom. The normalized spacial score (nSPS) is 14.3. The Balaban J connectivity index is 0.000000451. The fraction of sp³-hybridized carbons (Fsp3) is 0.571. The zero-order chi connectivity index (χ0) is 19.3. The van der Waals surface area contributed by atoms with Crippen LogP contribution in [0, 0.1) is 0 Å². The van der Waals surface area contributed by atoms with Gasteiger partial charge in [-0.15, -0.1) is 0 Å². The molecule has 4 nitrogen and oxygen atoms in total. The van der Waals surface area contributed by atoms with Crippen LogP contribution in [0.3, 0.4) is 0 Å². The minimum absolute atomic E-state index is 0.191. The van der Waals surface area contributed by atoms with Crippen LogP contribution in [-0.2, 0) is 17.6 Å². The lowest BCUT2D eigenvalue weighted by molar-refractivity contribution is 0.174. The second kappa shape index (κ2) is 13.0. The molecule has 0 radical (unpaired) electrons. The van der Waals surface area contributed by atoms with Crippen molar-refractivity contribution in [1.82, 2.24) is 4.37 Å². The Morgan fingerprint density at radius 2 is 1.93 bits per heavy atom. The first-order chi connectivity index (χ1) is 13.2. The first kappa shape index (κ1) is 22.1. The first-order valence-electron chi connectivity index (χ1n) is 9.80. The molecular formula is C21H31NO3S2. The predicted molar refractivity (Wildman–Crippen MR) is 114 cm³/mol. The molecule has 150 valence electrons. The van der Waals surface area contributed by atoms with Crippen molar-refractivity contribution >= 4 is 22.7 Å². The molecule has 27 heavy (non-hydrogen) atoms. The van der Waals surface area contributed by atoms with E-state index < -0.39 is 11.2 Å². The monoisotopic (exact) mass is 409 g/mol. The van der Waals surface area contributed by atoms with Crippen LogP contribution in [0.4, 0.5) is 0 Å². The maximum Gasteiger partial charge on any atom is 0.231 e. The van der Waals surface area contributed by atoms with Gasteiger partial charge in [0, 0.05) is 18.0 Å². The summed E-state index contributed by atoms with van der Waals surface area (Å²) in [7, 11) is 0. The summed E-state index contributed by atoms with van der Waals surface area (Å²) in [5.41, 5.74) is 1.17. The van der Waals surface area contributed by atoms with Crippen molar-refractivity contribution in [2.24, 2.45) is 0 Å². The molecule has 0 saturated heterocycles. The van der Waals surface area contributed by atoms with Gasteiger partial charge >= 0.3 is 0 Å². The lowest BCUT2D eigenvalue weighted by Crippen LogP contribution is -2.23. The molecule has 0 N–H and O–H groups in total. The third kappa shape index (κ3) is 8.54. The number of hydrogen-bond acceptors (Lipinski definition) is 5. The number of unbranched alkanes of at least 4 members (excludes halogenated alkanes) is 5. The Bertz CT molecular complexity index is 605. The summed E-state index contributed by atoms with van der Waals surface area (Å²) in [4.78, 5) is 0. The smallest absolute Gasteiger partial charge is 0.231 e. The summed E-state index contributed by atoms with van der Waals surface area (Å²) >= 11 is 0.720. The van der Waals surface area contributed by atoms with Crippen molar-refractivity contribution in [2.45, 2.75) is 64.0 Å². The summed E-state index contributed by atoms with van der Waals surface area (Å²) in [6.07, 6.45) is 10.1. The predicted octanol–water partition coefficient (Wildman–Crippen LogP) is 5.60. The second-order valence-electron chi connectivity index (χ2n) is 6.74. The van der Waals surface area contributed by atoms with Crippen LogP contribution in [0.25, 0.3) is 0 Å². The largest absolute Gasteiger partial charge is 0.616 e. The van der Waals surface area contributed by atoms with Crippen LogP contribution in [0.1, 0.15) is 57.9 Å². The van der Waals surface area contributed by atoms with Gasteiger partial charge in [0.05, 0.1) is 0 Å². The van der Waals surface area contributed by atoms with Crippen molar-refractivity contribution in [1.29, 1.82) is 0 Å². The van der Waals surface area contributed by atoms with Crippen LogP contribution in [-0.4, -0.2) is 26.7 Å². The van der Waals surface area contributed by atoms with E-state index in [2.05, 4.69) is 18.2 Å². The molecule has 0 bridgehead atoms. The van der Waals surface area contributed by atoms with E-state index in [1.807, 2.05) is 29.6 Å². The molecule has 1 aliphatic rings. The average molecular weight is 410 g/mol. The van der Waals surface area contributed by atoms with E-state index >= 15 is 0 Å².